The number of nitrogens with one attached hydrogen (secondary N) is 1. The lowest BCUT2D eigenvalue weighted by Gasteiger charge is -2.01. The molecule has 1 aromatic carbocycles. The van der Waals surface area contributed by atoms with Gasteiger partial charge in [-0.1, -0.05) is 12.1 Å². The number of hydrogen-bond donors (Lipinski definition) is 1. The number of amides is 1. The van der Waals surface area contributed by atoms with Gasteiger partial charge in [-0.15, -0.1) is 11.3 Å². The van der Waals surface area contributed by atoms with Gasteiger partial charge in [0.2, 0.25) is 0 Å². The molecule has 0 atom stereocenters. The summed E-state index contributed by atoms with van der Waals surface area (Å²) < 4.78 is 17.7. The van der Waals surface area contributed by atoms with Crippen molar-refractivity contribution in [3.8, 4) is 10.6 Å². The predicted octanol–water partition coefficient (Wildman–Crippen LogP) is 3.16. The maximum absolute atomic E-state index is 13.2. The van der Waals surface area contributed by atoms with Crippen molar-refractivity contribution in [1.82, 2.24) is 10.3 Å². The number of carbonyl (C=O) groups excluding carboxylic acids is 1. The number of ether oxygens (including phenoxy) is 1. The van der Waals surface area contributed by atoms with Crippen LogP contribution in [0.25, 0.3) is 10.6 Å². The average molecular weight is 294 g/mol. The molecule has 0 saturated heterocycles. The zero-order valence-electron chi connectivity index (χ0n) is 11.3. The van der Waals surface area contributed by atoms with Crippen molar-refractivity contribution in [3.63, 3.8) is 0 Å². The number of nitrogens with zero attached hydrogens (tertiary/aromatic N) is 1. The summed E-state index contributed by atoms with van der Waals surface area (Å²) in [4.78, 5) is 16.5. The van der Waals surface area contributed by atoms with Crippen molar-refractivity contribution in [3.05, 3.63) is 40.7 Å². The summed E-state index contributed by atoms with van der Waals surface area (Å²) >= 11 is 1.51. The van der Waals surface area contributed by atoms with Crippen LogP contribution >= 0.6 is 11.3 Å². The number of methoxy groups -OCH3 is 1. The van der Waals surface area contributed by atoms with E-state index in [1.807, 2.05) is 13.0 Å². The number of halogens is 1. The normalized spacial score (nSPS) is 10.3. The Kier molecular flexibility index (Phi) is 4.68. The lowest BCUT2D eigenvalue weighted by Crippen LogP contribution is -2.25. The summed E-state index contributed by atoms with van der Waals surface area (Å²) in [5.41, 5.74) is 1.67. The molecule has 0 aliphatic rings. The van der Waals surface area contributed by atoms with Gasteiger partial charge in [0.05, 0.1) is 12.8 Å². The lowest BCUT2D eigenvalue weighted by molar-refractivity contribution is 0.171. The van der Waals surface area contributed by atoms with E-state index in [1.54, 1.807) is 6.07 Å². The fraction of sp³-hybridized carbons (Fsp3) is 0.286. The van der Waals surface area contributed by atoms with E-state index >= 15 is 0 Å². The van der Waals surface area contributed by atoms with E-state index in [1.165, 1.54) is 30.6 Å². The standard InChI is InChI=1S/C14H15FN2O2S/c1-9-12(6-7-16-14(18)19-2)20-13(17-9)10-4-3-5-11(15)8-10/h3-5,8H,6-7H2,1-2H3,(H,16,18). The lowest BCUT2D eigenvalue weighted by atomic mass is 10.2. The van der Waals surface area contributed by atoms with Crippen LogP contribution in [0.15, 0.2) is 24.3 Å². The van der Waals surface area contributed by atoms with Gasteiger partial charge in [0, 0.05) is 23.4 Å². The minimum atomic E-state index is -0.447. The van der Waals surface area contributed by atoms with Crippen LogP contribution in [-0.4, -0.2) is 24.7 Å². The van der Waals surface area contributed by atoms with Gasteiger partial charge >= 0.3 is 6.09 Å². The Hall–Kier alpha value is -1.95. The van der Waals surface area contributed by atoms with E-state index in [0.29, 0.717) is 13.0 Å². The molecule has 0 aliphatic carbocycles. The third-order valence-electron chi connectivity index (χ3n) is 2.77. The molecule has 106 valence electrons. The molecular formula is C14H15FN2O2S. The molecule has 0 radical (unpaired) electrons. The molecule has 0 fully saturated rings. The highest BCUT2D eigenvalue weighted by Gasteiger charge is 2.10. The van der Waals surface area contributed by atoms with E-state index in [9.17, 15) is 9.18 Å². The SMILES string of the molecule is COC(=O)NCCc1sc(-c2cccc(F)c2)nc1C. The molecule has 0 spiro atoms. The van der Waals surface area contributed by atoms with E-state index in [2.05, 4.69) is 15.0 Å². The molecular weight excluding hydrogens is 279 g/mol. The third kappa shape index (κ3) is 3.54. The maximum Gasteiger partial charge on any atom is 0.406 e. The van der Waals surface area contributed by atoms with Crippen LogP contribution < -0.4 is 5.32 Å². The molecule has 1 amide bonds. The number of hydrogen-bond acceptors (Lipinski definition) is 4. The molecule has 0 saturated carbocycles. The second kappa shape index (κ2) is 6.47. The molecule has 2 rings (SSSR count). The summed E-state index contributed by atoms with van der Waals surface area (Å²) in [5.74, 6) is -0.274. The van der Waals surface area contributed by atoms with Crippen molar-refractivity contribution < 1.29 is 13.9 Å². The highest BCUT2D eigenvalue weighted by molar-refractivity contribution is 7.15. The maximum atomic E-state index is 13.2. The average Bonchev–Trinajstić information content (AvgIpc) is 2.80. The molecule has 0 unspecified atom stereocenters. The molecule has 1 N–H and O–H groups in total. The summed E-state index contributed by atoms with van der Waals surface area (Å²) in [6, 6.07) is 6.37. The van der Waals surface area contributed by atoms with Gasteiger partial charge in [-0.25, -0.2) is 14.2 Å². The smallest absolute Gasteiger partial charge is 0.406 e. The first-order valence-electron chi connectivity index (χ1n) is 6.14. The minimum absolute atomic E-state index is 0.274. The summed E-state index contributed by atoms with van der Waals surface area (Å²) in [7, 11) is 1.33. The molecule has 2 aromatic rings. The summed E-state index contributed by atoms with van der Waals surface area (Å²) in [6.07, 6.45) is 0.228. The van der Waals surface area contributed by atoms with Gasteiger partial charge in [-0.05, 0) is 19.1 Å². The molecule has 20 heavy (non-hydrogen) atoms. The minimum Gasteiger partial charge on any atom is -0.453 e. The number of carbonyl (C=O) groups is 1. The Balaban J connectivity index is 2.08. The molecule has 6 heteroatoms. The van der Waals surface area contributed by atoms with Crippen LogP contribution in [0.3, 0.4) is 0 Å². The second-order valence-electron chi connectivity index (χ2n) is 4.21. The number of alkyl carbamates (subject to hydrolysis) is 1. The van der Waals surface area contributed by atoms with Crippen LogP contribution in [0.4, 0.5) is 9.18 Å². The zero-order valence-corrected chi connectivity index (χ0v) is 12.1. The van der Waals surface area contributed by atoms with Gasteiger partial charge in [0.25, 0.3) is 0 Å². The largest absolute Gasteiger partial charge is 0.453 e. The zero-order chi connectivity index (χ0) is 14.5. The van der Waals surface area contributed by atoms with E-state index < -0.39 is 6.09 Å². The summed E-state index contributed by atoms with van der Waals surface area (Å²) in [5, 5.41) is 3.41. The highest BCUT2D eigenvalue weighted by atomic mass is 32.1. The first kappa shape index (κ1) is 14.5. The predicted molar refractivity (Wildman–Crippen MR) is 76.4 cm³/mol. The Bertz CT molecular complexity index is 613. The number of thiazole rings is 1. The molecule has 4 nitrogen and oxygen atoms in total. The fourth-order valence-corrected chi connectivity index (χ4v) is 2.81. The van der Waals surface area contributed by atoms with Gasteiger partial charge in [0.15, 0.2) is 0 Å². The topological polar surface area (TPSA) is 51.2 Å². The Morgan fingerprint density at radius 1 is 1.50 bits per heavy atom. The number of aromatic nitrogens is 1. The van der Waals surface area contributed by atoms with Crippen molar-refractivity contribution in [2.24, 2.45) is 0 Å². The third-order valence-corrected chi connectivity index (χ3v) is 4.04. The van der Waals surface area contributed by atoms with E-state index in [0.717, 1.165) is 21.1 Å². The number of rotatable bonds is 4. The monoisotopic (exact) mass is 294 g/mol. The van der Waals surface area contributed by atoms with Crippen molar-refractivity contribution in [2.45, 2.75) is 13.3 Å². The van der Waals surface area contributed by atoms with Crippen LogP contribution in [0.5, 0.6) is 0 Å². The van der Waals surface area contributed by atoms with Crippen LogP contribution in [-0.2, 0) is 11.2 Å². The Morgan fingerprint density at radius 3 is 3.00 bits per heavy atom. The van der Waals surface area contributed by atoms with Gasteiger partial charge in [0.1, 0.15) is 10.8 Å². The number of aryl methyl sites for hydroxylation is 1. The molecule has 1 aromatic heterocycles. The molecule has 0 aliphatic heterocycles. The Labute approximate surface area is 120 Å². The number of benzene rings is 1. The van der Waals surface area contributed by atoms with Crippen molar-refractivity contribution >= 4 is 17.4 Å². The van der Waals surface area contributed by atoms with Gasteiger partial charge in [-0.2, -0.15) is 0 Å². The molecule has 1 heterocycles. The van der Waals surface area contributed by atoms with Gasteiger partial charge < -0.3 is 10.1 Å². The van der Waals surface area contributed by atoms with Crippen LogP contribution in [0, 0.1) is 12.7 Å². The quantitative estimate of drug-likeness (QED) is 0.942. The van der Waals surface area contributed by atoms with Crippen molar-refractivity contribution in [1.29, 1.82) is 0 Å². The molecule has 0 bridgehead atoms. The van der Waals surface area contributed by atoms with Crippen molar-refractivity contribution in [2.75, 3.05) is 13.7 Å². The van der Waals surface area contributed by atoms with Gasteiger partial charge in [-0.3, -0.25) is 0 Å². The van der Waals surface area contributed by atoms with Crippen LogP contribution in [0.2, 0.25) is 0 Å². The second-order valence-corrected chi connectivity index (χ2v) is 5.29. The van der Waals surface area contributed by atoms with Crippen LogP contribution in [0.1, 0.15) is 10.6 Å². The Morgan fingerprint density at radius 2 is 2.30 bits per heavy atom. The fourth-order valence-electron chi connectivity index (χ4n) is 1.76. The highest BCUT2D eigenvalue weighted by Crippen LogP contribution is 2.28. The first-order valence-corrected chi connectivity index (χ1v) is 6.96. The van der Waals surface area contributed by atoms with E-state index in [-0.39, 0.29) is 5.82 Å². The summed E-state index contributed by atoms with van der Waals surface area (Å²) in [6.45, 7) is 2.39. The first-order chi connectivity index (χ1) is 9.60. The van der Waals surface area contributed by atoms with E-state index in [4.69, 9.17) is 0 Å².